The maximum atomic E-state index is 12.7. The summed E-state index contributed by atoms with van der Waals surface area (Å²) < 4.78 is 0.883. The van der Waals surface area contributed by atoms with Crippen molar-refractivity contribution in [1.82, 2.24) is 0 Å². The summed E-state index contributed by atoms with van der Waals surface area (Å²) in [5.74, 6) is 0.249. The number of carbonyl (C=O) groups excluding carboxylic acids is 1. The first kappa shape index (κ1) is 14.4. The second-order valence-corrected chi connectivity index (χ2v) is 7.67. The van der Waals surface area contributed by atoms with E-state index in [-0.39, 0.29) is 11.7 Å². The van der Waals surface area contributed by atoms with Gasteiger partial charge in [0.1, 0.15) is 0 Å². The smallest absolute Gasteiger partial charge is 0.163 e. The Morgan fingerprint density at radius 3 is 2.30 bits per heavy atom. The lowest BCUT2D eigenvalue weighted by Crippen LogP contribution is -2.37. The predicted octanol–water partition coefficient (Wildman–Crippen LogP) is 3.26. The Morgan fingerprint density at radius 1 is 0.913 bits per heavy atom. The van der Waals surface area contributed by atoms with Gasteiger partial charge in [-0.15, -0.1) is 0 Å². The van der Waals surface area contributed by atoms with Gasteiger partial charge in [-0.25, -0.2) is 0 Å². The van der Waals surface area contributed by atoms with Crippen LogP contribution in [0.15, 0.2) is 42.5 Å². The molecule has 1 aliphatic rings. The summed E-state index contributed by atoms with van der Waals surface area (Å²) in [6, 6.07) is 15.0. The second kappa shape index (κ2) is 4.90. The van der Waals surface area contributed by atoms with Crippen LogP contribution in [0, 0.1) is 0 Å². The second-order valence-electron chi connectivity index (χ2n) is 7.67. The highest BCUT2D eigenvalue weighted by molar-refractivity contribution is 6.20. The molecule has 0 aromatic heterocycles. The van der Waals surface area contributed by atoms with E-state index in [1.54, 1.807) is 0 Å². The number of quaternary nitrogens is 1. The van der Waals surface area contributed by atoms with Crippen molar-refractivity contribution in [3.8, 4) is 0 Å². The Balaban J connectivity index is 1.96. The van der Waals surface area contributed by atoms with Crippen LogP contribution in [0.4, 0.5) is 0 Å². The van der Waals surface area contributed by atoms with Crippen molar-refractivity contribution in [3.63, 3.8) is 0 Å². The van der Waals surface area contributed by atoms with Crippen LogP contribution in [0.1, 0.15) is 17.9 Å². The molecule has 0 saturated heterocycles. The summed E-state index contributed by atoms with van der Waals surface area (Å²) in [5, 5.41) is 6.19. The molecule has 0 aliphatic heterocycles. The van der Waals surface area contributed by atoms with E-state index in [1.807, 2.05) is 6.08 Å². The first-order valence-electron chi connectivity index (χ1n) is 8.24. The molecule has 1 atom stereocenters. The predicted molar refractivity (Wildman–Crippen MR) is 96.4 cm³/mol. The minimum atomic E-state index is -0.00458. The lowest BCUT2D eigenvalue weighted by atomic mass is 9.81. The number of Topliss-reactive ketones (excluding diaryl/α,β-unsaturated/α-hetero) is 1. The van der Waals surface area contributed by atoms with Crippen molar-refractivity contribution >= 4 is 33.4 Å². The molecule has 0 spiro atoms. The van der Waals surface area contributed by atoms with Gasteiger partial charge in [0.2, 0.25) is 0 Å². The average molecular weight is 304 g/mol. The third-order valence-corrected chi connectivity index (χ3v) is 4.95. The van der Waals surface area contributed by atoms with Crippen LogP contribution in [-0.4, -0.2) is 38.0 Å². The number of hydrogen-bond acceptors (Lipinski definition) is 1. The van der Waals surface area contributed by atoms with E-state index in [9.17, 15) is 4.79 Å². The van der Waals surface area contributed by atoms with Gasteiger partial charge in [-0.1, -0.05) is 42.5 Å². The molecule has 0 heterocycles. The Kier molecular flexibility index (Phi) is 3.07. The average Bonchev–Trinajstić information content (AvgIpc) is 2.50. The molecule has 0 radical (unpaired) electrons. The van der Waals surface area contributed by atoms with Crippen LogP contribution in [0.25, 0.3) is 27.6 Å². The fraction of sp³-hybridized carbons (Fsp3) is 0.286. The minimum Gasteiger partial charge on any atom is -0.331 e. The molecule has 0 amide bonds. The van der Waals surface area contributed by atoms with Gasteiger partial charge in [-0.05, 0) is 38.4 Å². The van der Waals surface area contributed by atoms with Gasteiger partial charge in [0.25, 0.3) is 0 Å². The van der Waals surface area contributed by atoms with Gasteiger partial charge >= 0.3 is 0 Å². The van der Waals surface area contributed by atoms with Crippen molar-refractivity contribution in [2.75, 3.05) is 27.7 Å². The Hall–Kier alpha value is -2.19. The number of rotatable bonds is 3. The van der Waals surface area contributed by atoms with Crippen LogP contribution in [0.5, 0.6) is 0 Å². The summed E-state index contributed by atoms with van der Waals surface area (Å²) in [6.45, 7) is 0.995. The van der Waals surface area contributed by atoms with E-state index in [2.05, 4.69) is 63.6 Å². The summed E-state index contributed by atoms with van der Waals surface area (Å²) >= 11 is 0. The Labute approximate surface area is 136 Å². The maximum absolute atomic E-state index is 12.7. The molecule has 2 nitrogen and oxygen atoms in total. The van der Waals surface area contributed by atoms with Crippen molar-refractivity contribution in [1.29, 1.82) is 0 Å². The molecule has 23 heavy (non-hydrogen) atoms. The largest absolute Gasteiger partial charge is 0.331 e. The zero-order valence-electron chi connectivity index (χ0n) is 14.0. The maximum Gasteiger partial charge on any atom is 0.163 e. The summed E-state index contributed by atoms with van der Waals surface area (Å²) in [7, 11) is 6.54. The van der Waals surface area contributed by atoms with E-state index in [1.165, 1.54) is 27.1 Å². The topological polar surface area (TPSA) is 17.1 Å². The molecular formula is C21H22NO+. The van der Waals surface area contributed by atoms with Crippen molar-refractivity contribution in [2.45, 2.75) is 12.3 Å². The van der Waals surface area contributed by atoms with E-state index < -0.39 is 0 Å². The molecule has 0 bridgehead atoms. The van der Waals surface area contributed by atoms with E-state index >= 15 is 0 Å². The molecule has 3 aromatic rings. The molecule has 0 saturated carbocycles. The van der Waals surface area contributed by atoms with E-state index in [0.717, 1.165) is 22.7 Å². The molecule has 0 N–H and O–H groups in total. The van der Waals surface area contributed by atoms with E-state index in [0.29, 0.717) is 0 Å². The van der Waals surface area contributed by atoms with Crippen LogP contribution in [0.3, 0.4) is 0 Å². The third-order valence-electron chi connectivity index (χ3n) is 4.95. The van der Waals surface area contributed by atoms with Crippen LogP contribution in [0.2, 0.25) is 0 Å². The molecule has 2 heteroatoms. The molecule has 116 valence electrons. The number of ketones is 1. The molecule has 1 unspecified atom stereocenters. The Morgan fingerprint density at radius 2 is 1.61 bits per heavy atom. The lowest BCUT2D eigenvalue weighted by Gasteiger charge is -2.28. The number of nitrogens with zero attached hydrogens (tertiary/aromatic N) is 1. The first-order valence-corrected chi connectivity index (χ1v) is 8.24. The van der Waals surface area contributed by atoms with Gasteiger partial charge in [0, 0.05) is 6.42 Å². The lowest BCUT2D eigenvalue weighted by molar-refractivity contribution is -0.870. The van der Waals surface area contributed by atoms with Gasteiger partial charge < -0.3 is 4.48 Å². The fourth-order valence-corrected chi connectivity index (χ4v) is 3.77. The van der Waals surface area contributed by atoms with Gasteiger partial charge in [0.05, 0.1) is 33.6 Å². The standard InChI is InChI=1S/C21H22NO/c1-22(2,3)12-11-17-18-10-9-15-6-4-5-14-7-8-16(13-19(17)23)21(18)20(14)15/h4-10,13,17H,11-12H2,1-3H3/q+1. The van der Waals surface area contributed by atoms with Crippen LogP contribution < -0.4 is 5.22 Å². The molecule has 0 fully saturated rings. The highest BCUT2D eigenvalue weighted by atomic mass is 16.1. The monoisotopic (exact) mass is 304 g/mol. The van der Waals surface area contributed by atoms with E-state index in [4.69, 9.17) is 0 Å². The normalized spacial score (nSPS) is 17.7. The van der Waals surface area contributed by atoms with Crippen molar-refractivity contribution in [3.05, 3.63) is 53.2 Å². The molecular weight excluding hydrogens is 282 g/mol. The fourth-order valence-electron chi connectivity index (χ4n) is 3.77. The summed E-state index contributed by atoms with van der Waals surface area (Å²) in [4.78, 5) is 12.7. The molecule has 1 aliphatic carbocycles. The number of hydrogen-bond donors (Lipinski definition) is 0. The van der Waals surface area contributed by atoms with Gasteiger partial charge in [0.15, 0.2) is 5.78 Å². The minimum absolute atomic E-state index is 0.00458. The summed E-state index contributed by atoms with van der Waals surface area (Å²) in [5.41, 5.74) is 1.21. The van der Waals surface area contributed by atoms with Crippen LogP contribution in [-0.2, 0) is 4.79 Å². The zero-order chi connectivity index (χ0) is 16.2. The zero-order valence-corrected chi connectivity index (χ0v) is 14.0. The number of benzene rings is 3. The summed E-state index contributed by atoms with van der Waals surface area (Å²) in [6.07, 6.45) is 2.76. The SMILES string of the molecule is C[N+](C)(C)CCC1C(=O)C=c2ccc3cccc4ccc1c2c43. The highest BCUT2D eigenvalue weighted by Gasteiger charge is 2.27. The molecule has 3 aromatic carbocycles. The van der Waals surface area contributed by atoms with Gasteiger partial charge in [-0.2, -0.15) is 0 Å². The third kappa shape index (κ3) is 2.34. The number of carbonyl (C=O) groups is 1. The highest BCUT2D eigenvalue weighted by Crippen LogP contribution is 2.35. The van der Waals surface area contributed by atoms with Crippen molar-refractivity contribution < 1.29 is 9.28 Å². The quantitative estimate of drug-likeness (QED) is 0.679. The van der Waals surface area contributed by atoms with Crippen molar-refractivity contribution in [2.24, 2.45) is 0 Å². The van der Waals surface area contributed by atoms with Crippen LogP contribution >= 0.6 is 0 Å². The first-order chi connectivity index (χ1) is 10.9. The molecule has 4 rings (SSSR count). The van der Waals surface area contributed by atoms with Gasteiger partial charge in [-0.3, -0.25) is 4.79 Å². The Bertz CT molecular complexity index is 963.